The van der Waals surface area contributed by atoms with Crippen molar-refractivity contribution in [3.05, 3.63) is 34.9 Å². The summed E-state index contributed by atoms with van der Waals surface area (Å²) in [6.07, 6.45) is 3.43. The minimum absolute atomic E-state index is 0.0462. The molecule has 1 aliphatic rings. The molecule has 1 aromatic rings. The highest BCUT2D eigenvalue weighted by molar-refractivity contribution is 6.30. The van der Waals surface area contributed by atoms with Crippen molar-refractivity contribution in [2.75, 3.05) is 6.61 Å². The van der Waals surface area contributed by atoms with E-state index in [1.807, 2.05) is 24.3 Å². The summed E-state index contributed by atoms with van der Waals surface area (Å²) >= 11 is 5.80. The minimum Gasteiger partial charge on any atom is -0.395 e. The van der Waals surface area contributed by atoms with Crippen LogP contribution in [0.4, 0.5) is 0 Å². The molecule has 1 aromatic carbocycles. The largest absolute Gasteiger partial charge is 0.395 e. The van der Waals surface area contributed by atoms with Crippen LogP contribution in [-0.2, 0) is 5.41 Å². The Kier molecular flexibility index (Phi) is 2.31. The lowest BCUT2D eigenvalue weighted by atomic mass is 9.65. The van der Waals surface area contributed by atoms with Gasteiger partial charge < -0.3 is 5.11 Å². The molecule has 1 N–H and O–H groups in total. The van der Waals surface area contributed by atoms with Crippen molar-refractivity contribution < 1.29 is 5.11 Å². The lowest BCUT2D eigenvalue weighted by Gasteiger charge is -2.40. The number of halogens is 1. The van der Waals surface area contributed by atoms with E-state index < -0.39 is 0 Å². The van der Waals surface area contributed by atoms with E-state index in [-0.39, 0.29) is 12.0 Å². The predicted molar refractivity (Wildman–Crippen MR) is 54.1 cm³/mol. The fourth-order valence-electron chi connectivity index (χ4n) is 1.95. The molecule has 2 heteroatoms. The van der Waals surface area contributed by atoms with Gasteiger partial charge in [-0.25, -0.2) is 0 Å². The fraction of sp³-hybridized carbons (Fsp3) is 0.455. The Morgan fingerprint density at radius 2 is 1.85 bits per heavy atom. The van der Waals surface area contributed by atoms with Crippen LogP contribution >= 0.6 is 11.6 Å². The summed E-state index contributed by atoms with van der Waals surface area (Å²) in [5.41, 5.74) is 1.27. The maximum atomic E-state index is 9.33. The number of rotatable bonds is 2. The first kappa shape index (κ1) is 9.04. The number of hydrogen-bond donors (Lipinski definition) is 1. The van der Waals surface area contributed by atoms with Crippen LogP contribution in [0, 0.1) is 0 Å². The highest BCUT2D eigenvalue weighted by Gasteiger charge is 2.37. The van der Waals surface area contributed by atoms with Crippen molar-refractivity contribution >= 4 is 11.6 Å². The molecule has 0 saturated heterocycles. The number of aliphatic hydroxyl groups excluding tert-OH is 1. The van der Waals surface area contributed by atoms with Crippen molar-refractivity contribution in [3.8, 4) is 0 Å². The van der Waals surface area contributed by atoms with Crippen LogP contribution < -0.4 is 0 Å². The van der Waals surface area contributed by atoms with Gasteiger partial charge in [0.1, 0.15) is 0 Å². The highest BCUT2D eigenvalue weighted by atomic mass is 35.5. The van der Waals surface area contributed by atoms with Crippen molar-refractivity contribution in [2.45, 2.75) is 24.7 Å². The summed E-state index contributed by atoms with van der Waals surface area (Å²) in [6.45, 7) is 0.259. The van der Waals surface area contributed by atoms with Crippen molar-refractivity contribution in [3.63, 3.8) is 0 Å². The van der Waals surface area contributed by atoms with Gasteiger partial charge in [0.15, 0.2) is 0 Å². The van der Waals surface area contributed by atoms with Gasteiger partial charge in [-0.3, -0.25) is 0 Å². The third-order valence-corrected chi connectivity index (χ3v) is 3.32. The molecule has 13 heavy (non-hydrogen) atoms. The topological polar surface area (TPSA) is 20.2 Å². The van der Waals surface area contributed by atoms with Gasteiger partial charge in [0, 0.05) is 10.4 Å². The van der Waals surface area contributed by atoms with E-state index in [1.54, 1.807) is 0 Å². The molecule has 0 amide bonds. The minimum atomic E-state index is 0.0462. The summed E-state index contributed by atoms with van der Waals surface area (Å²) < 4.78 is 0. The average molecular weight is 197 g/mol. The lowest BCUT2D eigenvalue weighted by molar-refractivity contribution is 0.120. The Hall–Kier alpha value is -0.530. The molecule has 0 bridgehead atoms. The summed E-state index contributed by atoms with van der Waals surface area (Å²) in [7, 11) is 0. The smallest absolute Gasteiger partial charge is 0.0527 e. The number of hydrogen-bond acceptors (Lipinski definition) is 1. The molecule has 0 spiro atoms. The molecule has 1 fully saturated rings. The third kappa shape index (κ3) is 1.47. The fourth-order valence-corrected chi connectivity index (χ4v) is 2.07. The summed E-state index contributed by atoms with van der Waals surface area (Å²) in [5.74, 6) is 0. The Balaban J connectivity index is 2.28. The molecule has 0 radical (unpaired) electrons. The second-order valence-electron chi connectivity index (χ2n) is 3.80. The normalized spacial score (nSPS) is 19.5. The number of benzene rings is 1. The van der Waals surface area contributed by atoms with Gasteiger partial charge in [0.25, 0.3) is 0 Å². The molecule has 70 valence electrons. The van der Waals surface area contributed by atoms with E-state index >= 15 is 0 Å². The molecule has 1 aliphatic carbocycles. The van der Waals surface area contributed by atoms with E-state index in [0.29, 0.717) is 0 Å². The maximum absolute atomic E-state index is 9.33. The van der Waals surface area contributed by atoms with E-state index in [9.17, 15) is 5.11 Å². The van der Waals surface area contributed by atoms with Gasteiger partial charge >= 0.3 is 0 Å². The zero-order chi connectivity index (χ0) is 9.31. The Morgan fingerprint density at radius 3 is 2.23 bits per heavy atom. The van der Waals surface area contributed by atoms with Crippen LogP contribution in [0.3, 0.4) is 0 Å². The van der Waals surface area contributed by atoms with E-state index in [2.05, 4.69) is 0 Å². The zero-order valence-corrected chi connectivity index (χ0v) is 8.22. The Bertz CT molecular complexity index is 282. The molecular weight excluding hydrogens is 184 g/mol. The summed E-state index contributed by atoms with van der Waals surface area (Å²) in [6, 6.07) is 7.84. The monoisotopic (exact) mass is 196 g/mol. The van der Waals surface area contributed by atoms with Crippen LogP contribution in [0.5, 0.6) is 0 Å². The molecule has 1 saturated carbocycles. The molecule has 0 unspecified atom stereocenters. The van der Waals surface area contributed by atoms with Gasteiger partial charge in [-0.1, -0.05) is 30.2 Å². The first-order chi connectivity index (χ1) is 6.27. The molecule has 2 rings (SSSR count). The molecule has 0 atom stereocenters. The maximum Gasteiger partial charge on any atom is 0.0527 e. The average Bonchev–Trinajstić information content (AvgIpc) is 2.07. The van der Waals surface area contributed by atoms with Crippen molar-refractivity contribution in [2.24, 2.45) is 0 Å². The number of aliphatic hydroxyl groups is 1. The molecule has 0 aliphatic heterocycles. The van der Waals surface area contributed by atoms with Crippen molar-refractivity contribution in [1.82, 2.24) is 0 Å². The van der Waals surface area contributed by atoms with Crippen LogP contribution in [0.15, 0.2) is 24.3 Å². The van der Waals surface area contributed by atoms with Crippen LogP contribution in [0.25, 0.3) is 0 Å². The van der Waals surface area contributed by atoms with Crippen LogP contribution in [0.1, 0.15) is 24.8 Å². The van der Waals surface area contributed by atoms with Crippen LogP contribution in [-0.4, -0.2) is 11.7 Å². The molecule has 0 heterocycles. The van der Waals surface area contributed by atoms with E-state index in [1.165, 1.54) is 12.0 Å². The van der Waals surface area contributed by atoms with Crippen LogP contribution in [0.2, 0.25) is 5.02 Å². The van der Waals surface area contributed by atoms with E-state index in [0.717, 1.165) is 17.9 Å². The standard InChI is InChI=1S/C11H13ClO/c12-10-4-2-9(3-5-10)11(8-13)6-1-7-11/h2-5,13H,1,6-8H2. The quantitative estimate of drug-likeness (QED) is 0.771. The summed E-state index contributed by atoms with van der Waals surface area (Å²) in [4.78, 5) is 0. The second kappa shape index (κ2) is 3.32. The Morgan fingerprint density at radius 1 is 1.23 bits per heavy atom. The second-order valence-corrected chi connectivity index (χ2v) is 4.24. The third-order valence-electron chi connectivity index (χ3n) is 3.07. The first-order valence-electron chi connectivity index (χ1n) is 4.64. The van der Waals surface area contributed by atoms with Gasteiger partial charge in [0.05, 0.1) is 6.61 Å². The molecule has 0 aromatic heterocycles. The first-order valence-corrected chi connectivity index (χ1v) is 5.02. The van der Waals surface area contributed by atoms with Gasteiger partial charge in [-0.2, -0.15) is 0 Å². The van der Waals surface area contributed by atoms with Gasteiger partial charge in [-0.05, 0) is 30.5 Å². The lowest BCUT2D eigenvalue weighted by Crippen LogP contribution is -2.37. The van der Waals surface area contributed by atoms with Crippen molar-refractivity contribution in [1.29, 1.82) is 0 Å². The summed E-state index contributed by atoms with van der Waals surface area (Å²) in [5, 5.41) is 10.1. The van der Waals surface area contributed by atoms with Gasteiger partial charge in [-0.15, -0.1) is 0 Å². The molecular formula is C11H13ClO. The molecule has 1 nitrogen and oxygen atoms in total. The highest BCUT2D eigenvalue weighted by Crippen LogP contribution is 2.43. The zero-order valence-electron chi connectivity index (χ0n) is 7.46. The Labute approximate surface area is 83.3 Å². The predicted octanol–water partition coefficient (Wildman–Crippen LogP) is 2.75. The van der Waals surface area contributed by atoms with Gasteiger partial charge in [0.2, 0.25) is 0 Å². The van der Waals surface area contributed by atoms with E-state index in [4.69, 9.17) is 11.6 Å². The SMILES string of the molecule is OCC1(c2ccc(Cl)cc2)CCC1.